The van der Waals surface area contributed by atoms with E-state index in [0.29, 0.717) is 10.0 Å². The van der Waals surface area contributed by atoms with Gasteiger partial charge in [-0.25, -0.2) is 0 Å². The van der Waals surface area contributed by atoms with Gasteiger partial charge in [-0.3, -0.25) is 4.79 Å². The largest absolute Gasteiger partial charge is 0.493 e. The molecule has 0 aliphatic rings. The molecule has 106 valence electrons. The van der Waals surface area contributed by atoms with Crippen LogP contribution in [0.3, 0.4) is 0 Å². The summed E-state index contributed by atoms with van der Waals surface area (Å²) >= 11 is 3.36. The lowest BCUT2D eigenvalue weighted by Crippen LogP contribution is -2.27. The maximum atomic E-state index is 12.2. The lowest BCUT2D eigenvalue weighted by molar-refractivity contribution is 0.0108. The molecule has 0 aliphatic heterocycles. The van der Waals surface area contributed by atoms with Crippen LogP contribution in [0, 0.1) is 0 Å². The lowest BCUT2D eigenvalue weighted by atomic mass is 10.1. The van der Waals surface area contributed by atoms with E-state index in [9.17, 15) is 9.90 Å². The summed E-state index contributed by atoms with van der Waals surface area (Å²) in [5, 5.41) is 10.1. The maximum absolute atomic E-state index is 12.2. The average molecular weight is 339 g/mol. The van der Waals surface area contributed by atoms with E-state index in [4.69, 9.17) is 4.74 Å². The van der Waals surface area contributed by atoms with Gasteiger partial charge in [0, 0.05) is 17.1 Å². The molecule has 0 spiro atoms. The molecule has 0 bridgehead atoms. The topological polar surface area (TPSA) is 75.2 Å². The quantitative estimate of drug-likeness (QED) is 0.902. The van der Waals surface area contributed by atoms with E-state index >= 15 is 0 Å². The first kappa shape index (κ1) is 14.7. The monoisotopic (exact) mass is 338 g/mol. The maximum Gasteiger partial charge on any atom is 0.262 e. The third kappa shape index (κ3) is 2.62. The van der Waals surface area contributed by atoms with Gasteiger partial charge in [-0.05, 0) is 19.9 Å². The highest BCUT2D eigenvalue weighted by Crippen LogP contribution is 2.31. The Hall–Kier alpha value is -1.66. The van der Waals surface area contributed by atoms with Gasteiger partial charge in [-0.15, -0.1) is 0 Å². The molecule has 1 aromatic heterocycles. The summed E-state index contributed by atoms with van der Waals surface area (Å²) in [6.07, 6.45) is 0. The molecule has 0 fully saturated rings. The van der Waals surface area contributed by atoms with E-state index in [-0.39, 0.29) is 17.3 Å². The van der Waals surface area contributed by atoms with Crippen LogP contribution in [0.15, 0.2) is 33.5 Å². The predicted octanol–water partition coefficient (Wildman–Crippen LogP) is 2.79. The predicted molar refractivity (Wildman–Crippen MR) is 79.7 cm³/mol. The molecule has 1 heterocycles. The highest BCUT2D eigenvalue weighted by atomic mass is 79.9. The molecule has 0 amide bonds. The Kier molecular flexibility index (Phi) is 3.96. The van der Waals surface area contributed by atoms with E-state index in [0.717, 1.165) is 0 Å². The van der Waals surface area contributed by atoms with Gasteiger partial charge in [-0.2, -0.15) is 4.98 Å². The molecule has 0 saturated heterocycles. The van der Waals surface area contributed by atoms with Crippen molar-refractivity contribution in [2.75, 3.05) is 7.11 Å². The van der Waals surface area contributed by atoms with Crippen molar-refractivity contribution >= 4 is 15.9 Å². The van der Waals surface area contributed by atoms with Crippen molar-refractivity contribution in [2.45, 2.75) is 19.4 Å². The second-order valence-corrected chi connectivity index (χ2v) is 5.66. The minimum Gasteiger partial charge on any atom is -0.493 e. The summed E-state index contributed by atoms with van der Waals surface area (Å²) in [5.41, 5.74) is -0.485. The van der Waals surface area contributed by atoms with Crippen LogP contribution < -0.4 is 5.56 Å². The SMILES string of the molecule is COC(C)(C)c1nc(O)c(-c2ccccc2Br)c(=O)[nH]1. The van der Waals surface area contributed by atoms with Gasteiger partial charge < -0.3 is 14.8 Å². The number of hydrogen-bond donors (Lipinski definition) is 2. The van der Waals surface area contributed by atoms with Crippen LogP contribution in [0.2, 0.25) is 0 Å². The summed E-state index contributed by atoms with van der Waals surface area (Å²) in [4.78, 5) is 19.0. The number of halogens is 1. The summed E-state index contributed by atoms with van der Waals surface area (Å²) < 4.78 is 5.96. The van der Waals surface area contributed by atoms with Gasteiger partial charge >= 0.3 is 0 Å². The zero-order chi connectivity index (χ0) is 14.9. The zero-order valence-electron chi connectivity index (χ0n) is 11.4. The van der Waals surface area contributed by atoms with E-state index in [1.807, 2.05) is 6.07 Å². The van der Waals surface area contributed by atoms with Crippen molar-refractivity contribution < 1.29 is 9.84 Å². The van der Waals surface area contributed by atoms with E-state index in [1.54, 1.807) is 32.0 Å². The fourth-order valence-corrected chi connectivity index (χ4v) is 2.23. The number of methoxy groups -OCH3 is 1. The number of benzene rings is 1. The zero-order valence-corrected chi connectivity index (χ0v) is 13.0. The van der Waals surface area contributed by atoms with Crippen LogP contribution in [0.5, 0.6) is 5.88 Å². The second-order valence-electron chi connectivity index (χ2n) is 4.81. The Morgan fingerprint density at radius 1 is 1.35 bits per heavy atom. The summed E-state index contributed by atoms with van der Waals surface area (Å²) in [7, 11) is 1.51. The van der Waals surface area contributed by atoms with Crippen molar-refractivity contribution in [3.63, 3.8) is 0 Å². The Morgan fingerprint density at radius 3 is 2.55 bits per heavy atom. The van der Waals surface area contributed by atoms with Gasteiger partial charge in [0.05, 0.1) is 0 Å². The van der Waals surface area contributed by atoms with E-state index in [1.165, 1.54) is 7.11 Å². The molecular formula is C14H15BrN2O3. The van der Waals surface area contributed by atoms with Gasteiger partial charge in [0.1, 0.15) is 17.0 Å². The summed E-state index contributed by atoms with van der Waals surface area (Å²) in [6.45, 7) is 3.51. The summed E-state index contributed by atoms with van der Waals surface area (Å²) in [5.74, 6) is -0.0425. The number of aromatic hydroxyl groups is 1. The summed E-state index contributed by atoms with van der Waals surface area (Å²) in [6, 6.07) is 7.14. The number of aromatic nitrogens is 2. The number of nitrogens with zero attached hydrogens (tertiary/aromatic N) is 1. The Balaban J connectivity index is 2.65. The third-order valence-electron chi connectivity index (χ3n) is 3.12. The highest BCUT2D eigenvalue weighted by Gasteiger charge is 2.25. The molecule has 20 heavy (non-hydrogen) atoms. The Labute approximate surface area is 124 Å². The van der Waals surface area contributed by atoms with Crippen LogP contribution in [0.1, 0.15) is 19.7 Å². The number of hydrogen-bond acceptors (Lipinski definition) is 4. The number of rotatable bonds is 3. The minimum atomic E-state index is -0.789. The number of aromatic amines is 1. The molecular weight excluding hydrogens is 324 g/mol. The van der Waals surface area contributed by atoms with E-state index in [2.05, 4.69) is 25.9 Å². The van der Waals surface area contributed by atoms with Crippen LogP contribution >= 0.6 is 15.9 Å². The number of H-pyrrole nitrogens is 1. The Bertz CT molecular complexity index is 695. The number of nitrogens with one attached hydrogen (secondary N) is 1. The van der Waals surface area contributed by atoms with Crippen LogP contribution in [0.25, 0.3) is 11.1 Å². The van der Waals surface area contributed by atoms with Crippen LogP contribution in [-0.2, 0) is 10.3 Å². The molecule has 2 aromatic rings. The standard InChI is InChI=1S/C14H15BrN2O3/c1-14(2,20-3)13-16-11(18)10(12(19)17-13)8-6-4-5-7-9(8)15/h4-7H,1-3H3,(H2,16,17,18,19). The van der Waals surface area contributed by atoms with Crippen LogP contribution in [-0.4, -0.2) is 22.2 Å². The molecule has 0 unspecified atom stereocenters. The van der Waals surface area contributed by atoms with Crippen molar-refractivity contribution in [3.05, 3.63) is 44.9 Å². The molecule has 5 nitrogen and oxygen atoms in total. The molecule has 1 aromatic carbocycles. The third-order valence-corrected chi connectivity index (χ3v) is 3.82. The lowest BCUT2D eigenvalue weighted by Gasteiger charge is -2.22. The number of ether oxygens (including phenoxy) is 1. The molecule has 0 saturated carbocycles. The first-order chi connectivity index (χ1) is 9.36. The van der Waals surface area contributed by atoms with Gasteiger partial charge in [0.2, 0.25) is 5.88 Å². The van der Waals surface area contributed by atoms with Crippen molar-refractivity contribution in [3.8, 4) is 17.0 Å². The smallest absolute Gasteiger partial charge is 0.262 e. The van der Waals surface area contributed by atoms with Gasteiger partial charge in [-0.1, -0.05) is 34.1 Å². The molecule has 2 N–H and O–H groups in total. The van der Waals surface area contributed by atoms with Gasteiger partial charge in [0.15, 0.2) is 0 Å². The molecule has 0 atom stereocenters. The fraction of sp³-hybridized carbons (Fsp3) is 0.286. The first-order valence-electron chi connectivity index (χ1n) is 6.00. The fourth-order valence-electron chi connectivity index (χ4n) is 1.75. The minimum absolute atomic E-state index is 0.133. The second kappa shape index (κ2) is 5.38. The first-order valence-corrected chi connectivity index (χ1v) is 6.80. The normalized spacial score (nSPS) is 11.6. The van der Waals surface area contributed by atoms with E-state index < -0.39 is 11.2 Å². The van der Waals surface area contributed by atoms with Crippen LogP contribution in [0.4, 0.5) is 0 Å². The highest BCUT2D eigenvalue weighted by molar-refractivity contribution is 9.10. The van der Waals surface area contributed by atoms with Gasteiger partial charge in [0.25, 0.3) is 5.56 Å². The Morgan fingerprint density at radius 2 is 2.00 bits per heavy atom. The van der Waals surface area contributed by atoms with Crippen molar-refractivity contribution in [1.29, 1.82) is 0 Å². The van der Waals surface area contributed by atoms with Crippen molar-refractivity contribution in [2.24, 2.45) is 0 Å². The molecule has 6 heteroatoms. The van der Waals surface area contributed by atoms with Crippen molar-refractivity contribution in [1.82, 2.24) is 9.97 Å². The molecule has 0 aliphatic carbocycles. The molecule has 2 rings (SSSR count). The molecule has 0 radical (unpaired) electrons. The average Bonchev–Trinajstić information content (AvgIpc) is 2.40.